The quantitative estimate of drug-likeness (QED) is 0.532. The van der Waals surface area contributed by atoms with Gasteiger partial charge in [-0.1, -0.05) is 6.92 Å². The van der Waals surface area contributed by atoms with E-state index in [0.717, 1.165) is 6.42 Å². The van der Waals surface area contributed by atoms with E-state index in [4.69, 9.17) is 9.47 Å². The monoisotopic (exact) mass is 335 g/mol. The van der Waals surface area contributed by atoms with Gasteiger partial charge in [0.2, 0.25) is 5.91 Å². The summed E-state index contributed by atoms with van der Waals surface area (Å²) in [5.74, 6) is 0.754. The predicted molar refractivity (Wildman–Crippen MR) is 92.3 cm³/mol. The maximum Gasteiger partial charge on any atom is 0.277 e. The van der Waals surface area contributed by atoms with Gasteiger partial charge in [-0.15, -0.1) is 0 Å². The Balaban J connectivity index is 2.34. The summed E-state index contributed by atoms with van der Waals surface area (Å²) < 4.78 is 10.4. The highest BCUT2D eigenvalue weighted by Crippen LogP contribution is 2.16. The molecule has 24 heavy (non-hydrogen) atoms. The average Bonchev–Trinajstić information content (AvgIpc) is 2.58. The first kappa shape index (κ1) is 19.5. The van der Waals surface area contributed by atoms with E-state index in [9.17, 15) is 9.59 Å². The van der Waals surface area contributed by atoms with Gasteiger partial charge in [-0.3, -0.25) is 9.59 Å². The summed E-state index contributed by atoms with van der Waals surface area (Å²) in [5.41, 5.74) is 2.89. The lowest BCUT2D eigenvalue weighted by Gasteiger charge is -2.11. The molecule has 2 amide bonds. The zero-order valence-electron chi connectivity index (χ0n) is 14.6. The minimum absolute atomic E-state index is 0.116. The third-order valence-corrected chi connectivity index (χ3v) is 3.24. The van der Waals surface area contributed by atoms with Crippen LogP contribution in [0.5, 0.6) is 11.5 Å². The van der Waals surface area contributed by atoms with E-state index in [-0.39, 0.29) is 25.0 Å². The Morgan fingerprint density at radius 1 is 1.17 bits per heavy atom. The lowest BCUT2D eigenvalue weighted by Crippen LogP contribution is -2.33. The van der Waals surface area contributed by atoms with Crippen LogP contribution in [0.3, 0.4) is 0 Å². The molecule has 1 aromatic carbocycles. The molecule has 0 saturated carbocycles. The van der Waals surface area contributed by atoms with Crippen molar-refractivity contribution < 1.29 is 19.1 Å². The Labute approximate surface area is 142 Å². The van der Waals surface area contributed by atoms with E-state index in [1.54, 1.807) is 38.3 Å². The third-order valence-electron chi connectivity index (χ3n) is 3.24. The van der Waals surface area contributed by atoms with E-state index in [0.29, 0.717) is 17.2 Å². The first-order valence-electron chi connectivity index (χ1n) is 7.82. The maximum atomic E-state index is 11.7. The summed E-state index contributed by atoms with van der Waals surface area (Å²) in [5, 5.41) is 6.73. The number of carbonyl (C=O) groups excluding carboxylic acids is 2. The molecule has 2 N–H and O–H groups in total. The zero-order valence-corrected chi connectivity index (χ0v) is 14.6. The highest BCUT2D eigenvalue weighted by atomic mass is 16.5. The Morgan fingerprint density at radius 2 is 1.79 bits per heavy atom. The van der Waals surface area contributed by atoms with Gasteiger partial charge in [0.15, 0.2) is 6.61 Å². The molecule has 0 aliphatic carbocycles. The number of carbonyl (C=O) groups is 2. The van der Waals surface area contributed by atoms with Crippen LogP contribution in [0.2, 0.25) is 0 Å². The van der Waals surface area contributed by atoms with Gasteiger partial charge in [0, 0.05) is 11.8 Å². The Bertz CT molecular complexity index is 570. The third kappa shape index (κ3) is 7.62. The first-order valence-corrected chi connectivity index (χ1v) is 7.82. The van der Waals surface area contributed by atoms with E-state index in [1.807, 2.05) is 13.8 Å². The van der Waals surface area contributed by atoms with Crippen molar-refractivity contribution in [3.8, 4) is 11.5 Å². The molecule has 1 atom stereocenters. The van der Waals surface area contributed by atoms with Crippen molar-refractivity contribution in [2.45, 2.75) is 39.7 Å². The van der Waals surface area contributed by atoms with Crippen molar-refractivity contribution in [2.24, 2.45) is 5.10 Å². The molecule has 132 valence electrons. The molecular formula is C17H25N3O4. The molecule has 0 aromatic heterocycles. The van der Waals surface area contributed by atoms with E-state index >= 15 is 0 Å². The van der Waals surface area contributed by atoms with Crippen LogP contribution in [0.1, 0.15) is 33.6 Å². The number of benzene rings is 1. The summed E-state index contributed by atoms with van der Waals surface area (Å²) >= 11 is 0. The van der Waals surface area contributed by atoms with Crippen LogP contribution in [-0.2, 0) is 9.59 Å². The van der Waals surface area contributed by atoms with Crippen LogP contribution in [-0.4, -0.2) is 37.3 Å². The van der Waals surface area contributed by atoms with Crippen LogP contribution in [0.4, 0.5) is 0 Å². The van der Waals surface area contributed by atoms with Gasteiger partial charge in [0.1, 0.15) is 11.5 Å². The summed E-state index contributed by atoms with van der Waals surface area (Å²) in [6.45, 7) is 5.45. The van der Waals surface area contributed by atoms with Crippen LogP contribution in [0.25, 0.3) is 0 Å². The highest BCUT2D eigenvalue weighted by Gasteiger charge is 2.08. The topological polar surface area (TPSA) is 89.0 Å². The Kier molecular flexibility index (Phi) is 8.32. The van der Waals surface area contributed by atoms with Gasteiger partial charge < -0.3 is 14.8 Å². The number of hydrazone groups is 1. The summed E-state index contributed by atoms with van der Waals surface area (Å²) in [4.78, 5) is 23.4. The fraction of sp³-hybridized carbons (Fsp3) is 0.471. The Hall–Kier alpha value is -2.57. The van der Waals surface area contributed by atoms with Crippen molar-refractivity contribution in [3.05, 3.63) is 24.3 Å². The second-order valence-electron chi connectivity index (χ2n) is 5.40. The lowest BCUT2D eigenvalue weighted by atomic mass is 10.2. The number of methoxy groups -OCH3 is 1. The number of nitrogens with zero attached hydrogens (tertiary/aromatic N) is 1. The van der Waals surface area contributed by atoms with Crippen LogP contribution >= 0.6 is 0 Å². The minimum atomic E-state index is -0.396. The summed E-state index contributed by atoms with van der Waals surface area (Å²) in [6, 6.07) is 7.02. The van der Waals surface area contributed by atoms with E-state index in [1.165, 1.54) is 0 Å². The average molecular weight is 335 g/mol. The van der Waals surface area contributed by atoms with Gasteiger partial charge in [-0.2, -0.15) is 5.10 Å². The number of hydrogen-bond donors (Lipinski definition) is 2. The standard InChI is InChI=1S/C17H25N3O4/c1-5-12(2)18-16(21)10-13(3)19-20-17(22)11-24-15-8-6-14(23-4)7-9-15/h6-9,12H,5,10-11H2,1-4H3,(H,18,21)(H,20,22)/b19-13-/t12-/m1/s1. The van der Waals surface area contributed by atoms with Crippen molar-refractivity contribution in [3.63, 3.8) is 0 Å². The van der Waals surface area contributed by atoms with Crippen molar-refractivity contribution >= 4 is 17.5 Å². The largest absolute Gasteiger partial charge is 0.497 e. The highest BCUT2D eigenvalue weighted by molar-refractivity contribution is 6.00. The minimum Gasteiger partial charge on any atom is -0.497 e. The number of rotatable bonds is 9. The molecule has 0 spiro atoms. The molecule has 1 rings (SSSR count). The second-order valence-corrected chi connectivity index (χ2v) is 5.40. The molecule has 7 nitrogen and oxygen atoms in total. The molecule has 1 aromatic rings. The van der Waals surface area contributed by atoms with Gasteiger partial charge in [-0.05, 0) is 44.5 Å². The van der Waals surface area contributed by atoms with Crippen molar-refractivity contribution in [1.82, 2.24) is 10.7 Å². The molecule has 0 unspecified atom stereocenters. The van der Waals surface area contributed by atoms with E-state index in [2.05, 4.69) is 15.8 Å². The van der Waals surface area contributed by atoms with E-state index < -0.39 is 5.91 Å². The fourth-order valence-electron chi connectivity index (χ4n) is 1.71. The number of hydrogen-bond acceptors (Lipinski definition) is 5. The molecule has 0 aliphatic heterocycles. The number of amides is 2. The summed E-state index contributed by atoms with van der Waals surface area (Å²) in [7, 11) is 1.58. The molecule has 0 saturated heterocycles. The summed E-state index contributed by atoms with van der Waals surface area (Å²) in [6.07, 6.45) is 1.01. The first-order chi connectivity index (χ1) is 11.4. The van der Waals surface area contributed by atoms with Crippen LogP contribution in [0, 0.1) is 0 Å². The van der Waals surface area contributed by atoms with Gasteiger partial charge in [0.25, 0.3) is 5.91 Å². The Morgan fingerprint density at radius 3 is 2.38 bits per heavy atom. The number of nitrogens with one attached hydrogen (secondary N) is 2. The van der Waals surface area contributed by atoms with Crippen LogP contribution in [0.15, 0.2) is 29.4 Å². The second kappa shape index (κ2) is 10.3. The molecule has 0 heterocycles. The zero-order chi connectivity index (χ0) is 17.9. The number of ether oxygens (including phenoxy) is 2. The molecule has 0 fully saturated rings. The van der Waals surface area contributed by atoms with Gasteiger partial charge in [-0.25, -0.2) is 5.43 Å². The van der Waals surface area contributed by atoms with Crippen LogP contribution < -0.4 is 20.2 Å². The SMILES string of the molecule is CC[C@@H](C)NC(=O)C/C(C)=N\NC(=O)COc1ccc(OC)cc1. The molecular weight excluding hydrogens is 310 g/mol. The smallest absolute Gasteiger partial charge is 0.277 e. The maximum absolute atomic E-state index is 11.7. The molecule has 0 aliphatic rings. The molecule has 0 radical (unpaired) electrons. The molecule has 0 bridgehead atoms. The normalized spacial score (nSPS) is 12.2. The molecule has 7 heteroatoms. The predicted octanol–water partition coefficient (Wildman–Crippen LogP) is 1.87. The van der Waals surface area contributed by atoms with Crippen molar-refractivity contribution in [2.75, 3.05) is 13.7 Å². The van der Waals surface area contributed by atoms with Gasteiger partial charge in [0.05, 0.1) is 13.5 Å². The fourth-order valence-corrected chi connectivity index (χ4v) is 1.71. The van der Waals surface area contributed by atoms with Gasteiger partial charge >= 0.3 is 0 Å². The van der Waals surface area contributed by atoms with Crippen molar-refractivity contribution in [1.29, 1.82) is 0 Å². The lowest BCUT2D eigenvalue weighted by molar-refractivity contribution is -0.123.